The molecule has 94 valence electrons. The van der Waals surface area contributed by atoms with Crippen LogP contribution in [0.5, 0.6) is 5.75 Å². The Morgan fingerprint density at radius 2 is 2.00 bits per heavy atom. The highest BCUT2D eigenvalue weighted by Crippen LogP contribution is 2.23. The van der Waals surface area contributed by atoms with Crippen LogP contribution in [-0.2, 0) is 6.42 Å². The fourth-order valence-corrected chi connectivity index (χ4v) is 1.65. The Labute approximate surface area is 104 Å². The molecular formula is C13H13FN2O2. The molecule has 2 aromatic rings. The molecule has 1 atom stereocenters. The van der Waals surface area contributed by atoms with Gasteiger partial charge < -0.3 is 9.84 Å². The monoisotopic (exact) mass is 248 g/mol. The van der Waals surface area contributed by atoms with Gasteiger partial charge in [-0.2, -0.15) is 0 Å². The number of hydrogen-bond acceptors (Lipinski definition) is 4. The van der Waals surface area contributed by atoms with Crippen molar-refractivity contribution in [2.45, 2.75) is 12.5 Å². The lowest BCUT2D eigenvalue weighted by atomic mass is 10.1. The molecule has 1 aromatic carbocycles. The third kappa shape index (κ3) is 2.62. The van der Waals surface area contributed by atoms with Crippen LogP contribution in [0.2, 0.25) is 0 Å². The number of methoxy groups -OCH3 is 1. The van der Waals surface area contributed by atoms with E-state index in [1.165, 1.54) is 25.6 Å². The second-order valence-corrected chi connectivity index (χ2v) is 3.76. The van der Waals surface area contributed by atoms with Crippen molar-refractivity contribution in [3.63, 3.8) is 0 Å². The predicted molar refractivity (Wildman–Crippen MR) is 63.6 cm³/mol. The van der Waals surface area contributed by atoms with Crippen molar-refractivity contribution in [2.75, 3.05) is 7.11 Å². The normalized spacial score (nSPS) is 12.2. The van der Waals surface area contributed by atoms with E-state index in [0.717, 1.165) is 0 Å². The first-order valence-corrected chi connectivity index (χ1v) is 5.48. The number of aliphatic hydroxyl groups is 1. The third-order valence-corrected chi connectivity index (χ3v) is 2.56. The zero-order chi connectivity index (χ0) is 13.0. The molecule has 0 bridgehead atoms. The second kappa shape index (κ2) is 5.55. The molecule has 0 saturated heterocycles. The van der Waals surface area contributed by atoms with E-state index in [-0.39, 0.29) is 18.0 Å². The van der Waals surface area contributed by atoms with Crippen LogP contribution in [-0.4, -0.2) is 22.2 Å². The van der Waals surface area contributed by atoms with E-state index < -0.39 is 11.9 Å². The van der Waals surface area contributed by atoms with E-state index in [2.05, 4.69) is 9.97 Å². The number of halogens is 1. The summed E-state index contributed by atoms with van der Waals surface area (Å²) < 4.78 is 18.8. The third-order valence-electron chi connectivity index (χ3n) is 2.56. The van der Waals surface area contributed by atoms with Gasteiger partial charge in [0.25, 0.3) is 0 Å². The second-order valence-electron chi connectivity index (χ2n) is 3.76. The van der Waals surface area contributed by atoms with Crippen LogP contribution >= 0.6 is 0 Å². The first-order valence-electron chi connectivity index (χ1n) is 5.48. The van der Waals surface area contributed by atoms with Gasteiger partial charge in [0, 0.05) is 18.8 Å². The van der Waals surface area contributed by atoms with E-state index in [4.69, 9.17) is 4.74 Å². The smallest absolute Gasteiger partial charge is 0.168 e. The summed E-state index contributed by atoms with van der Waals surface area (Å²) in [6.45, 7) is 0. The highest BCUT2D eigenvalue weighted by Gasteiger charge is 2.15. The number of benzene rings is 1. The Morgan fingerprint density at radius 3 is 2.67 bits per heavy atom. The summed E-state index contributed by atoms with van der Waals surface area (Å²) in [7, 11) is 1.40. The van der Waals surface area contributed by atoms with Crippen LogP contribution < -0.4 is 4.74 Å². The summed E-state index contributed by atoms with van der Waals surface area (Å²) in [5, 5.41) is 9.93. The molecule has 0 aliphatic heterocycles. The Kier molecular flexibility index (Phi) is 3.84. The summed E-state index contributed by atoms with van der Waals surface area (Å²) >= 11 is 0. The van der Waals surface area contributed by atoms with Crippen molar-refractivity contribution in [3.05, 3.63) is 53.9 Å². The van der Waals surface area contributed by atoms with E-state index >= 15 is 0 Å². The van der Waals surface area contributed by atoms with E-state index in [9.17, 15) is 9.50 Å². The summed E-state index contributed by atoms with van der Waals surface area (Å²) in [4.78, 5) is 7.86. The molecule has 2 rings (SSSR count). The zero-order valence-corrected chi connectivity index (χ0v) is 9.88. The molecule has 0 aliphatic rings. The Morgan fingerprint density at radius 1 is 1.28 bits per heavy atom. The van der Waals surface area contributed by atoms with Gasteiger partial charge in [-0.3, -0.25) is 0 Å². The molecule has 0 aliphatic carbocycles. The molecule has 4 nitrogen and oxygen atoms in total. The lowest BCUT2D eigenvalue weighted by Gasteiger charge is -2.11. The maximum absolute atomic E-state index is 13.9. The number of nitrogens with zero attached hydrogens (tertiary/aromatic N) is 2. The van der Waals surface area contributed by atoms with Gasteiger partial charge in [0.2, 0.25) is 0 Å². The number of aromatic nitrogens is 2. The first-order chi connectivity index (χ1) is 8.72. The van der Waals surface area contributed by atoms with Crippen molar-refractivity contribution in [2.24, 2.45) is 0 Å². The minimum Gasteiger partial charge on any atom is -0.494 e. The molecule has 0 radical (unpaired) electrons. The number of ether oxygens (including phenoxy) is 1. The average molecular weight is 248 g/mol. The zero-order valence-electron chi connectivity index (χ0n) is 9.88. The highest BCUT2D eigenvalue weighted by atomic mass is 19.1. The van der Waals surface area contributed by atoms with Crippen molar-refractivity contribution in [1.82, 2.24) is 9.97 Å². The van der Waals surface area contributed by atoms with Gasteiger partial charge in [0.05, 0.1) is 7.11 Å². The molecule has 18 heavy (non-hydrogen) atoms. The Balaban J connectivity index is 2.19. The lowest BCUT2D eigenvalue weighted by Crippen LogP contribution is -2.07. The largest absolute Gasteiger partial charge is 0.494 e. The van der Waals surface area contributed by atoms with Crippen LogP contribution in [0.1, 0.15) is 17.5 Å². The Hall–Kier alpha value is -2.01. The van der Waals surface area contributed by atoms with Crippen LogP contribution in [0.25, 0.3) is 0 Å². The van der Waals surface area contributed by atoms with Crippen LogP contribution in [0, 0.1) is 5.82 Å². The quantitative estimate of drug-likeness (QED) is 0.897. The summed E-state index contributed by atoms with van der Waals surface area (Å²) in [6.07, 6.45) is 2.24. The van der Waals surface area contributed by atoms with Crippen LogP contribution in [0.15, 0.2) is 36.7 Å². The van der Waals surface area contributed by atoms with Gasteiger partial charge >= 0.3 is 0 Å². The molecular weight excluding hydrogens is 235 g/mol. The van der Waals surface area contributed by atoms with Gasteiger partial charge in [-0.05, 0) is 17.7 Å². The van der Waals surface area contributed by atoms with Crippen LogP contribution in [0.4, 0.5) is 4.39 Å². The van der Waals surface area contributed by atoms with Gasteiger partial charge in [-0.1, -0.05) is 12.1 Å². The van der Waals surface area contributed by atoms with Crippen molar-refractivity contribution >= 4 is 0 Å². The highest BCUT2D eigenvalue weighted by molar-refractivity contribution is 5.31. The SMILES string of the molecule is COc1cccc(CC(O)c2ncccn2)c1F. The molecule has 5 heteroatoms. The standard InChI is InChI=1S/C13H13FN2O2/c1-18-11-5-2-4-9(12(11)14)8-10(17)13-15-6-3-7-16-13/h2-7,10,17H,8H2,1H3. The minimum absolute atomic E-state index is 0.104. The van der Waals surface area contributed by atoms with Gasteiger partial charge in [-0.15, -0.1) is 0 Å². The van der Waals surface area contributed by atoms with E-state index in [1.807, 2.05) is 0 Å². The number of hydrogen-bond donors (Lipinski definition) is 1. The van der Waals surface area contributed by atoms with E-state index in [0.29, 0.717) is 5.56 Å². The van der Waals surface area contributed by atoms with Crippen molar-refractivity contribution < 1.29 is 14.2 Å². The number of aliphatic hydroxyl groups excluding tert-OH is 1. The van der Waals surface area contributed by atoms with E-state index in [1.54, 1.807) is 18.2 Å². The fourth-order valence-electron chi connectivity index (χ4n) is 1.65. The molecule has 1 unspecified atom stereocenters. The maximum atomic E-state index is 13.9. The summed E-state index contributed by atoms with van der Waals surface area (Å²) in [5.74, 6) is -0.0246. The van der Waals surface area contributed by atoms with Gasteiger partial charge in [-0.25, -0.2) is 14.4 Å². The molecule has 1 aromatic heterocycles. The predicted octanol–water partition coefficient (Wildman–Crippen LogP) is 1.90. The van der Waals surface area contributed by atoms with Crippen molar-refractivity contribution in [3.8, 4) is 5.75 Å². The minimum atomic E-state index is -0.937. The van der Waals surface area contributed by atoms with Gasteiger partial charge in [0.1, 0.15) is 6.10 Å². The lowest BCUT2D eigenvalue weighted by molar-refractivity contribution is 0.166. The topological polar surface area (TPSA) is 55.2 Å². The molecule has 0 fully saturated rings. The molecule has 1 N–H and O–H groups in total. The maximum Gasteiger partial charge on any atom is 0.168 e. The Bertz CT molecular complexity index is 520. The van der Waals surface area contributed by atoms with Crippen molar-refractivity contribution in [1.29, 1.82) is 0 Å². The first kappa shape index (κ1) is 12.4. The van der Waals surface area contributed by atoms with Gasteiger partial charge in [0.15, 0.2) is 17.4 Å². The van der Waals surface area contributed by atoms with Crippen LogP contribution in [0.3, 0.4) is 0 Å². The molecule has 0 spiro atoms. The summed E-state index contributed by atoms with van der Waals surface area (Å²) in [5.41, 5.74) is 0.370. The molecule has 0 amide bonds. The number of rotatable bonds is 4. The summed E-state index contributed by atoms with van der Waals surface area (Å²) in [6, 6.07) is 6.46. The fraction of sp³-hybridized carbons (Fsp3) is 0.231. The average Bonchev–Trinajstić information content (AvgIpc) is 2.42. The molecule has 0 saturated carbocycles. The molecule has 1 heterocycles.